The van der Waals surface area contributed by atoms with Crippen LogP contribution in [-0.2, 0) is 4.79 Å². The van der Waals surface area contributed by atoms with Crippen molar-refractivity contribution in [1.82, 2.24) is 0 Å². The smallest absolute Gasteiger partial charge is 0.267 e. The lowest BCUT2D eigenvalue weighted by Crippen LogP contribution is -2.41. The molecule has 6 heteroatoms. The molecule has 1 aliphatic heterocycles. The van der Waals surface area contributed by atoms with Crippen LogP contribution in [-0.4, -0.2) is 30.8 Å². The van der Waals surface area contributed by atoms with E-state index in [-0.39, 0.29) is 11.8 Å². The molecule has 0 radical (unpaired) electrons. The largest absolute Gasteiger partial charge is 0.479 e. The highest BCUT2D eigenvalue weighted by Gasteiger charge is 2.28. The molecule has 1 unspecified atom stereocenters. The van der Waals surface area contributed by atoms with Gasteiger partial charge in [0.1, 0.15) is 11.6 Å². The lowest BCUT2D eigenvalue weighted by Gasteiger charge is -2.30. The molecule has 1 heterocycles. The van der Waals surface area contributed by atoms with Crippen molar-refractivity contribution in [2.45, 2.75) is 13.0 Å². The van der Waals surface area contributed by atoms with Gasteiger partial charge in [0.05, 0.1) is 17.3 Å². The second-order valence-electron chi connectivity index (χ2n) is 4.05. The number of anilines is 1. The Morgan fingerprint density at radius 3 is 3.00 bits per heavy atom. The van der Waals surface area contributed by atoms with Crippen LogP contribution in [0.2, 0.25) is 0 Å². The summed E-state index contributed by atoms with van der Waals surface area (Å²) < 4.78 is 5.54. The summed E-state index contributed by atoms with van der Waals surface area (Å²) in [6, 6.07) is 5.29. The fraction of sp³-hybridized carbons (Fsp3) is 0.333. The SMILES string of the molecule is CC1Oc2cc(N=C(N)CCl)ccc2N(C)C1=O. The van der Waals surface area contributed by atoms with Crippen molar-refractivity contribution < 1.29 is 9.53 Å². The van der Waals surface area contributed by atoms with Gasteiger partial charge < -0.3 is 15.4 Å². The first kappa shape index (κ1) is 12.7. The second-order valence-corrected chi connectivity index (χ2v) is 4.31. The van der Waals surface area contributed by atoms with E-state index in [1.165, 1.54) is 0 Å². The Balaban J connectivity index is 2.39. The van der Waals surface area contributed by atoms with Gasteiger partial charge >= 0.3 is 0 Å². The minimum atomic E-state index is -0.493. The topological polar surface area (TPSA) is 67.9 Å². The Bertz CT molecular complexity index is 516. The summed E-state index contributed by atoms with van der Waals surface area (Å²) in [5.74, 6) is 1.06. The van der Waals surface area contributed by atoms with Crippen LogP contribution in [0.3, 0.4) is 0 Å². The Morgan fingerprint density at radius 1 is 1.61 bits per heavy atom. The molecular weight excluding hydrogens is 254 g/mol. The summed E-state index contributed by atoms with van der Waals surface area (Å²) in [5, 5.41) is 0. The number of rotatable bonds is 2. The fourth-order valence-electron chi connectivity index (χ4n) is 1.77. The zero-order valence-electron chi connectivity index (χ0n) is 10.2. The highest BCUT2D eigenvalue weighted by molar-refractivity contribution is 6.28. The molecule has 1 aromatic rings. The van der Waals surface area contributed by atoms with Crippen LogP contribution >= 0.6 is 11.6 Å². The van der Waals surface area contributed by atoms with Crippen LogP contribution in [0.25, 0.3) is 0 Å². The average Bonchev–Trinajstić information content (AvgIpc) is 2.35. The van der Waals surface area contributed by atoms with E-state index >= 15 is 0 Å². The van der Waals surface area contributed by atoms with Crippen molar-refractivity contribution in [2.75, 3.05) is 17.8 Å². The third-order valence-corrected chi connectivity index (χ3v) is 2.97. The Hall–Kier alpha value is -1.75. The van der Waals surface area contributed by atoms with Crippen LogP contribution in [0.5, 0.6) is 5.75 Å². The van der Waals surface area contributed by atoms with Gasteiger partial charge in [-0.15, -0.1) is 11.6 Å². The molecule has 1 atom stereocenters. The predicted molar refractivity (Wildman–Crippen MR) is 71.9 cm³/mol. The van der Waals surface area contributed by atoms with E-state index in [0.717, 1.165) is 5.69 Å². The number of hydrogen-bond acceptors (Lipinski definition) is 3. The van der Waals surface area contributed by atoms with Crippen LogP contribution in [0.4, 0.5) is 11.4 Å². The monoisotopic (exact) mass is 267 g/mol. The van der Waals surface area contributed by atoms with Crippen LogP contribution in [0, 0.1) is 0 Å². The maximum atomic E-state index is 11.7. The molecular formula is C12H14ClN3O2. The second kappa shape index (κ2) is 4.86. The van der Waals surface area contributed by atoms with Crippen LogP contribution < -0.4 is 15.4 Å². The molecule has 2 N–H and O–H groups in total. The van der Waals surface area contributed by atoms with Gasteiger partial charge in [0, 0.05) is 13.1 Å². The number of alkyl halides is 1. The van der Waals surface area contributed by atoms with E-state index in [0.29, 0.717) is 17.3 Å². The van der Waals surface area contributed by atoms with E-state index < -0.39 is 6.10 Å². The van der Waals surface area contributed by atoms with E-state index in [1.54, 1.807) is 37.1 Å². The minimum absolute atomic E-state index is 0.0703. The number of hydrogen-bond donors (Lipinski definition) is 1. The van der Waals surface area contributed by atoms with E-state index in [2.05, 4.69) is 4.99 Å². The number of aliphatic imine (C=N–C) groups is 1. The number of halogens is 1. The highest BCUT2D eigenvalue weighted by Crippen LogP contribution is 2.36. The first-order valence-corrected chi connectivity index (χ1v) is 6.03. The summed E-state index contributed by atoms with van der Waals surface area (Å²) in [6.07, 6.45) is -0.493. The van der Waals surface area contributed by atoms with Gasteiger partial charge in [-0.1, -0.05) is 0 Å². The number of carbonyl (C=O) groups excluding carboxylic acids is 1. The summed E-state index contributed by atoms with van der Waals surface area (Å²) in [6.45, 7) is 1.71. The molecule has 0 saturated heterocycles. The maximum Gasteiger partial charge on any atom is 0.267 e. The summed E-state index contributed by atoms with van der Waals surface area (Å²) >= 11 is 5.57. The molecule has 0 saturated carbocycles. The number of ether oxygens (including phenoxy) is 1. The average molecular weight is 268 g/mol. The lowest BCUT2D eigenvalue weighted by atomic mass is 10.2. The molecule has 0 spiro atoms. The minimum Gasteiger partial charge on any atom is -0.479 e. The van der Waals surface area contributed by atoms with Crippen molar-refractivity contribution in [1.29, 1.82) is 0 Å². The zero-order chi connectivity index (χ0) is 13.3. The molecule has 18 heavy (non-hydrogen) atoms. The van der Waals surface area contributed by atoms with E-state index in [4.69, 9.17) is 22.1 Å². The third-order valence-electron chi connectivity index (χ3n) is 2.70. The molecule has 1 aliphatic rings. The number of nitrogens with two attached hydrogens (primary N) is 1. The van der Waals surface area contributed by atoms with Crippen molar-refractivity contribution in [3.05, 3.63) is 18.2 Å². The quantitative estimate of drug-likeness (QED) is 0.503. The molecule has 0 aromatic heterocycles. The van der Waals surface area contributed by atoms with E-state index in [1.807, 2.05) is 0 Å². The summed E-state index contributed by atoms with van der Waals surface area (Å²) in [5.41, 5.74) is 6.95. The molecule has 5 nitrogen and oxygen atoms in total. The fourth-order valence-corrected chi connectivity index (χ4v) is 1.83. The molecule has 0 aliphatic carbocycles. The molecule has 96 valence electrons. The van der Waals surface area contributed by atoms with E-state index in [9.17, 15) is 4.79 Å². The Kier molecular flexibility index (Phi) is 3.43. The predicted octanol–water partition coefficient (Wildman–Crippen LogP) is 1.66. The van der Waals surface area contributed by atoms with Gasteiger partial charge in [0.2, 0.25) is 0 Å². The van der Waals surface area contributed by atoms with Gasteiger partial charge in [0.25, 0.3) is 5.91 Å². The number of carbonyl (C=O) groups is 1. The normalized spacial score (nSPS) is 19.5. The van der Waals surface area contributed by atoms with Gasteiger partial charge in [0.15, 0.2) is 6.10 Å². The summed E-state index contributed by atoms with van der Waals surface area (Å²) in [4.78, 5) is 17.4. The van der Waals surface area contributed by atoms with Crippen LogP contribution in [0.1, 0.15) is 6.92 Å². The van der Waals surface area contributed by atoms with Gasteiger partial charge in [-0.3, -0.25) is 4.79 Å². The number of amidine groups is 1. The third kappa shape index (κ3) is 2.26. The number of nitrogens with zero attached hydrogens (tertiary/aromatic N) is 2. The lowest BCUT2D eigenvalue weighted by molar-refractivity contribution is -0.125. The van der Waals surface area contributed by atoms with Gasteiger partial charge in [-0.25, -0.2) is 4.99 Å². The van der Waals surface area contributed by atoms with Crippen molar-refractivity contribution in [3.8, 4) is 5.75 Å². The number of likely N-dealkylation sites (N-methyl/N-ethyl adjacent to an activating group) is 1. The van der Waals surface area contributed by atoms with Crippen molar-refractivity contribution >= 4 is 34.7 Å². The maximum absolute atomic E-state index is 11.7. The highest BCUT2D eigenvalue weighted by atomic mass is 35.5. The molecule has 2 rings (SSSR count). The van der Waals surface area contributed by atoms with Crippen LogP contribution in [0.15, 0.2) is 23.2 Å². The number of benzene rings is 1. The van der Waals surface area contributed by atoms with Gasteiger partial charge in [-0.2, -0.15) is 0 Å². The Morgan fingerprint density at radius 2 is 2.33 bits per heavy atom. The van der Waals surface area contributed by atoms with Gasteiger partial charge in [-0.05, 0) is 19.1 Å². The first-order valence-electron chi connectivity index (χ1n) is 5.50. The standard InChI is InChI=1S/C12H14ClN3O2/c1-7-12(17)16(2)9-4-3-8(5-10(9)18-7)15-11(14)6-13/h3-5,7H,6H2,1-2H3,(H2,14,15). The molecule has 0 fully saturated rings. The molecule has 0 bridgehead atoms. The Labute approximate surface area is 110 Å². The first-order chi connectivity index (χ1) is 8.52. The number of fused-ring (bicyclic) bond motifs is 1. The molecule has 1 aromatic carbocycles. The molecule has 1 amide bonds. The van der Waals surface area contributed by atoms with Crippen molar-refractivity contribution in [3.63, 3.8) is 0 Å². The summed E-state index contributed by atoms with van der Waals surface area (Å²) in [7, 11) is 1.72. The zero-order valence-corrected chi connectivity index (χ0v) is 10.9. The van der Waals surface area contributed by atoms with Crippen molar-refractivity contribution in [2.24, 2.45) is 10.7 Å². The number of amides is 1.